The molecule has 0 amide bonds. The first-order valence-corrected chi connectivity index (χ1v) is 6.96. The maximum absolute atomic E-state index is 10.1. The summed E-state index contributed by atoms with van der Waals surface area (Å²) < 4.78 is 0. The van der Waals surface area contributed by atoms with E-state index in [4.69, 9.17) is 0 Å². The monoisotopic (exact) mass is 245 g/mol. The van der Waals surface area contributed by atoms with Gasteiger partial charge in [0.1, 0.15) is 5.75 Å². The van der Waals surface area contributed by atoms with Gasteiger partial charge >= 0.3 is 0 Å². The lowest BCUT2D eigenvalue weighted by molar-refractivity contribution is 0.0899. The molecule has 1 fully saturated rings. The van der Waals surface area contributed by atoms with E-state index in [1.165, 1.54) is 37.1 Å². The van der Waals surface area contributed by atoms with Crippen molar-refractivity contribution in [3.8, 4) is 5.75 Å². The summed E-state index contributed by atoms with van der Waals surface area (Å²) in [6.07, 6.45) is 3.44. The maximum atomic E-state index is 10.1. The lowest BCUT2D eigenvalue weighted by Gasteiger charge is -2.47. The zero-order valence-electron chi connectivity index (χ0n) is 11.7. The van der Waals surface area contributed by atoms with E-state index < -0.39 is 0 Å². The predicted octanol–water partition coefficient (Wildman–Crippen LogP) is 2.94. The van der Waals surface area contributed by atoms with Crippen LogP contribution in [0.3, 0.4) is 0 Å². The van der Waals surface area contributed by atoms with Crippen molar-refractivity contribution in [2.75, 3.05) is 20.1 Å². The van der Waals surface area contributed by atoms with Gasteiger partial charge in [0.25, 0.3) is 0 Å². The number of rotatable bonds is 0. The molecular weight excluding hydrogens is 222 g/mol. The molecule has 2 aliphatic rings. The van der Waals surface area contributed by atoms with E-state index in [2.05, 4.69) is 31.9 Å². The third-order valence-corrected chi connectivity index (χ3v) is 5.42. The van der Waals surface area contributed by atoms with Crippen LogP contribution < -0.4 is 0 Å². The second-order valence-corrected chi connectivity index (χ2v) is 6.75. The molecule has 2 nitrogen and oxygen atoms in total. The van der Waals surface area contributed by atoms with Crippen LogP contribution in [0.4, 0.5) is 0 Å². The van der Waals surface area contributed by atoms with Gasteiger partial charge in [0, 0.05) is 5.41 Å². The highest BCUT2D eigenvalue weighted by atomic mass is 16.3. The zero-order valence-corrected chi connectivity index (χ0v) is 11.7. The van der Waals surface area contributed by atoms with Gasteiger partial charge in [-0.15, -0.1) is 0 Å². The van der Waals surface area contributed by atoms with Gasteiger partial charge in [-0.1, -0.05) is 26.0 Å². The van der Waals surface area contributed by atoms with Crippen LogP contribution in [0.15, 0.2) is 18.2 Å². The van der Waals surface area contributed by atoms with Crippen molar-refractivity contribution in [1.29, 1.82) is 0 Å². The third-order valence-electron chi connectivity index (χ3n) is 5.42. The summed E-state index contributed by atoms with van der Waals surface area (Å²) in [5.74, 6) is 0.497. The number of hydrogen-bond donors (Lipinski definition) is 1. The largest absolute Gasteiger partial charge is 0.508 e. The van der Waals surface area contributed by atoms with Crippen molar-refractivity contribution in [1.82, 2.24) is 4.90 Å². The number of phenolic OH excluding ortho intramolecular Hbond substituents is 1. The van der Waals surface area contributed by atoms with Crippen LogP contribution in [-0.2, 0) is 11.8 Å². The van der Waals surface area contributed by atoms with Crippen LogP contribution in [0.25, 0.3) is 0 Å². The Morgan fingerprint density at radius 3 is 2.50 bits per heavy atom. The zero-order chi connectivity index (χ0) is 13.0. The summed E-state index contributed by atoms with van der Waals surface area (Å²) in [5, 5.41) is 10.1. The second-order valence-electron chi connectivity index (χ2n) is 6.75. The quantitative estimate of drug-likeness (QED) is 0.759. The fourth-order valence-corrected chi connectivity index (χ4v) is 4.13. The molecule has 0 saturated carbocycles. The number of hydrogen-bond acceptors (Lipinski definition) is 2. The van der Waals surface area contributed by atoms with Gasteiger partial charge < -0.3 is 10.0 Å². The number of likely N-dealkylation sites (tertiary alicyclic amines) is 1. The minimum atomic E-state index is 0.259. The molecule has 1 spiro atoms. The van der Waals surface area contributed by atoms with E-state index in [1.807, 2.05) is 12.1 Å². The number of fused-ring (bicyclic) bond motifs is 2. The van der Waals surface area contributed by atoms with E-state index in [0.29, 0.717) is 5.75 Å². The van der Waals surface area contributed by atoms with Gasteiger partial charge in [0.2, 0.25) is 0 Å². The molecule has 18 heavy (non-hydrogen) atoms. The van der Waals surface area contributed by atoms with Gasteiger partial charge in [-0.05, 0) is 62.0 Å². The molecule has 1 saturated heterocycles. The van der Waals surface area contributed by atoms with Crippen molar-refractivity contribution >= 4 is 0 Å². The van der Waals surface area contributed by atoms with Crippen molar-refractivity contribution in [2.24, 2.45) is 5.41 Å². The molecule has 0 aromatic heterocycles. The van der Waals surface area contributed by atoms with Gasteiger partial charge in [-0.2, -0.15) is 0 Å². The molecule has 3 rings (SSSR count). The fraction of sp³-hybridized carbons (Fsp3) is 0.625. The highest BCUT2D eigenvalue weighted by Crippen LogP contribution is 2.58. The number of piperidine rings is 1. The van der Waals surface area contributed by atoms with Crippen LogP contribution >= 0.6 is 0 Å². The topological polar surface area (TPSA) is 23.5 Å². The van der Waals surface area contributed by atoms with Crippen molar-refractivity contribution in [3.05, 3.63) is 29.3 Å². The van der Waals surface area contributed by atoms with E-state index in [-0.39, 0.29) is 10.8 Å². The molecule has 0 unspecified atom stereocenters. The summed E-state index contributed by atoms with van der Waals surface area (Å²) in [6, 6.07) is 6.09. The van der Waals surface area contributed by atoms with E-state index in [9.17, 15) is 5.11 Å². The number of benzene rings is 1. The molecule has 2 heteroatoms. The average molecular weight is 245 g/mol. The Bertz CT molecular complexity index is 470. The van der Waals surface area contributed by atoms with Crippen molar-refractivity contribution < 1.29 is 5.11 Å². The molecule has 0 bridgehead atoms. The maximum Gasteiger partial charge on any atom is 0.119 e. The first kappa shape index (κ1) is 12.0. The second kappa shape index (κ2) is 3.74. The Kier molecular flexibility index (Phi) is 2.50. The van der Waals surface area contributed by atoms with Gasteiger partial charge in [0.15, 0.2) is 0 Å². The van der Waals surface area contributed by atoms with Crippen molar-refractivity contribution in [2.45, 2.75) is 38.5 Å². The van der Waals surface area contributed by atoms with Crippen LogP contribution in [-0.4, -0.2) is 30.1 Å². The average Bonchev–Trinajstić information content (AvgIpc) is 2.54. The number of nitrogens with zero attached hydrogens (tertiary/aromatic N) is 1. The molecule has 0 radical (unpaired) electrons. The Morgan fingerprint density at radius 1 is 1.17 bits per heavy atom. The Hall–Kier alpha value is -1.02. The van der Waals surface area contributed by atoms with Gasteiger partial charge in [-0.3, -0.25) is 0 Å². The minimum Gasteiger partial charge on any atom is -0.508 e. The molecule has 1 aromatic carbocycles. The van der Waals surface area contributed by atoms with Crippen LogP contribution in [0.2, 0.25) is 0 Å². The smallest absolute Gasteiger partial charge is 0.119 e. The Balaban J connectivity index is 2.11. The van der Waals surface area contributed by atoms with Gasteiger partial charge in [0.05, 0.1) is 0 Å². The van der Waals surface area contributed by atoms with Crippen LogP contribution in [0, 0.1) is 5.41 Å². The Labute approximate surface area is 110 Å². The lowest BCUT2D eigenvalue weighted by Crippen LogP contribution is -2.47. The standard InChI is InChI=1S/C16H23NO/c1-15(2)11-12-13(5-4-6-14(12)18)16(15)7-9-17(3)10-8-16/h4-6,18H,7-11H2,1-3H3. The summed E-state index contributed by atoms with van der Waals surface area (Å²) in [4.78, 5) is 2.42. The third kappa shape index (κ3) is 1.45. The molecule has 0 atom stereocenters. The highest BCUT2D eigenvalue weighted by Gasteiger charge is 2.53. The fourth-order valence-electron chi connectivity index (χ4n) is 4.13. The first-order chi connectivity index (χ1) is 8.46. The number of phenols is 1. The normalized spacial score (nSPS) is 25.3. The molecule has 1 heterocycles. The molecule has 1 N–H and O–H groups in total. The summed E-state index contributed by atoms with van der Waals surface area (Å²) in [6.45, 7) is 7.08. The summed E-state index contributed by atoms with van der Waals surface area (Å²) in [5.41, 5.74) is 3.15. The minimum absolute atomic E-state index is 0.259. The molecular formula is C16H23NO. The van der Waals surface area contributed by atoms with E-state index in [1.54, 1.807) is 0 Å². The van der Waals surface area contributed by atoms with Gasteiger partial charge in [-0.25, -0.2) is 0 Å². The molecule has 1 aliphatic carbocycles. The molecule has 98 valence electrons. The van der Waals surface area contributed by atoms with Crippen molar-refractivity contribution in [3.63, 3.8) is 0 Å². The SMILES string of the molecule is CN1CCC2(CC1)c1cccc(O)c1CC2(C)C. The van der Waals surface area contributed by atoms with E-state index >= 15 is 0 Å². The summed E-state index contributed by atoms with van der Waals surface area (Å²) in [7, 11) is 2.21. The highest BCUT2D eigenvalue weighted by molar-refractivity contribution is 5.50. The van der Waals surface area contributed by atoms with Crippen LogP contribution in [0.5, 0.6) is 5.75 Å². The summed E-state index contributed by atoms with van der Waals surface area (Å²) >= 11 is 0. The lowest BCUT2D eigenvalue weighted by atomic mass is 9.61. The molecule has 1 aliphatic heterocycles. The Morgan fingerprint density at radius 2 is 1.83 bits per heavy atom. The van der Waals surface area contributed by atoms with Crippen LogP contribution in [0.1, 0.15) is 37.8 Å². The molecule has 1 aromatic rings. The predicted molar refractivity (Wildman–Crippen MR) is 74.0 cm³/mol. The number of aromatic hydroxyl groups is 1. The first-order valence-electron chi connectivity index (χ1n) is 6.96. The van der Waals surface area contributed by atoms with E-state index in [0.717, 1.165) is 6.42 Å².